The first kappa shape index (κ1) is 57.2. The molecule has 4 amide bonds. The second-order valence-electron chi connectivity index (χ2n) is 27.4. The van der Waals surface area contributed by atoms with Crippen LogP contribution >= 0.6 is 0 Å². The van der Waals surface area contributed by atoms with Gasteiger partial charge in [0.05, 0.1) is 24.8 Å². The Balaban J connectivity index is 0.000000120. The molecular formula is C64H78N18O4. The number of fused-ring (bicyclic) bond motifs is 3. The molecule has 15 rings (SSSR count). The van der Waals surface area contributed by atoms with Crippen molar-refractivity contribution in [2.24, 2.45) is 39.4 Å². The number of carbonyl (C=O) groups excluding carboxylic acids is 4. The Hall–Kier alpha value is -7.87. The van der Waals surface area contributed by atoms with Crippen LogP contribution in [0.3, 0.4) is 0 Å². The number of likely N-dealkylation sites (tertiary alicyclic amines) is 3. The van der Waals surface area contributed by atoms with Gasteiger partial charge >= 0.3 is 0 Å². The van der Waals surface area contributed by atoms with Crippen molar-refractivity contribution < 1.29 is 19.2 Å². The van der Waals surface area contributed by atoms with Crippen LogP contribution in [0.2, 0.25) is 0 Å². The van der Waals surface area contributed by atoms with E-state index in [0.717, 1.165) is 158 Å². The number of aromatic nitrogens is 9. The summed E-state index contributed by atoms with van der Waals surface area (Å²) in [7, 11) is 0. The minimum atomic E-state index is -0.950. The third kappa shape index (κ3) is 12.0. The molecule has 3 saturated heterocycles. The smallest absolute Gasteiger partial charge is 0.249 e. The van der Waals surface area contributed by atoms with Gasteiger partial charge < -0.3 is 9.80 Å². The lowest BCUT2D eigenvalue weighted by Gasteiger charge is -2.54. The van der Waals surface area contributed by atoms with E-state index in [0.29, 0.717) is 59.4 Å². The van der Waals surface area contributed by atoms with Crippen molar-refractivity contribution in [2.75, 3.05) is 68.3 Å². The van der Waals surface area contributed by atoms with Gasteiger partial charge in [-0.15, -0.1) is 15.3 Å². The normalized spacial score (nSPS) is 21.8. The summed E-state index contributed by atoms with van der Waals surface area (Å²) in [5, 5.41) is 49.1. The van der Waals surface area contributed by atoms with Crippen LogP contribution in [0.5, 0.6) is 0 Å². The van der Waals surface area contributed by atoms with Gasteiger partial charge in [0, 0.05) is 110 Å². The lowest BCUT2D eigenvalue weighted by molar-refractivity contribution is -0.152. The molecule has 9 heterocycles. The number of pyridine rings is 3. The Morgan fingerprint density at radius 3 is 1.17 bits per heavy atom. The lowest BCUT2D eigenvalue weighted by Crippen LogP contribution is -2.61. The molecule has 9 fully saturated rings. The molecule has 22 nitrogen and oxygen atoms in total. The van der Waals surface area contributed by atoms with Crippen molar-refractivity contribution in [1.29, 1.82) is 15.8 Å². The molecule has 0 radical (unpaired) electrons. The van der Waals surface area contributed by atoms with Crippen molar-refractivity contribution in [3.63, 3.8) is 0 Å². The van der Waals surface area contributed by atoms with Crippen molar-refractivity contribution in [2.45, 2.75) is 154 Å². The zero-order valence-electron chi connectivity index (χ0n) is 49.6. The summed E-state index contributed by atoms with van der Waals surface area (Å²) in [6.45, 7) is 10.8. The van der Waals surface area contributed by atoms with Crippen LogP contribution < -0.4 is 16.0 Å². The molecule has 0 unspecified atom stereocenters. The second kappa shape index (κ2) is 23.1. The molecule has 0 atom stereocenters. The lowest BCUT2D eigenvalue weighted by atomic mass is 9.65. The van der Waals surface area contributed by atoms with Crippen LogP contribution in [0.4, 0.5) is 17.8 Å². The van der Waals surface area contributed by atoms with E-state index in [1.807, 2.05) is 54.8 Å². The molecule has 6 saturated carbocycles. The maximum absolute atomic E-state index is 12.5. The Bertz CT molecular complexity index is 3670. The van der Waals surface area contributed by atoms with Crippen LogP contribution in [0.15, 0.2) is 54.6 Å². The maximum Gasteiger partial charge on any atom is 0.249 e. The fraction of sp³-hybridized carbons (Fsp3) is 0.609. The highest BCUT2D eigenvalue weighted by Gasteiger charge is 2.51. The highest BCUT2D eigenvalue weighted by molar-refractivity contribution is 5.94. The van der Waals surface area contributed by atoms with Crippen LogP contribution in [0.25, 0.3) is 16.9 Å². The Morgan fingerprint density at radius 1 is 0.500 bits per heavy atom. The number of nitrogens with one attached hydrogen (secondary N) is 3. The number of nitriles is 3. The number of amides is 4. The van der Waals surface area contributed by atoms with Crippen molar-refractivity contribution in [1.82, 2.24) is 58.5 Å². The number of rotatable bonds is 13. The van der Waals surface area contributed by atoms with Crippen LogP contribution in [-0.4, -0.2) is 134 Å². The summed E-state index contributed by atoms with van der Waals surface area (Å²) >= 11 is 0. The molecule has 0 bridgehead atoms. The molecule has 6 aromatic heterocycles. The zero-order chi connectivity index (χ0) is 59.4. The summed E-state index contributed by atoms with van der Waals surface area (Å²) < 4.78 is 5.70. The quantitative estimate of drug-likeness (QED) is 0.0913. The van der Waals surface area contributed by atoms with Crippen LogP contribution in [0.1, 0.15) is 171 Å². The predicted molar refractivity (Wildman–Crippen MR) is 319 cm³/mol. The molecule has 9 aliphatic rings. The zero-order valence-corrected chi connectivity index (χ0v) is 49.6. The van der Waals surface area contributed by atoms with Gasteiger partial charge in [-0.1, -0.05) is 18.2 Å². The molecular weight excluding hydrogens is 1080 g/mol. The molecule has 6 aliphatic carbocycles. The van der Waals surface area contributed by atoms with E-state index in [1.54, 1.807) is 13.8 Å². The van der Waals surface area contributed by atoms with Gasteiger partial charge in [0.2, 0.25) is 41.5 Å². The number of anilines is 3. The number of hydrogen-bond acceptors (Lipinski definition) is 15. The number of hydrogen-bond donors (Lipinski definition) is 3. The minimum absolute atomic E-state index is 0.0146. The summed E-state index contributed by atoms with van der Waals surface area (Å²) in [6, 6.07) is 24.9. The van der Waals surface area contributed by atoms with Crippen LogP contribution in [0, 0.1) is 73.4 Å². The van der Waals surface area contributed by atoms with E-state index >= 15 is 0 Å². The first-order valence-corrected chi connectivity index (χ1v) is 31.5. The Kier molecular flexibility index (Phi) is 15.4. The van der Waals surface area contributed by atoms with E-state index in [-0.39, 0.29) is 46.8 Å². The SMILES string of the molecule is CC(C)(C#N)C(=O)N1CC2(CCC(c3cccc4nc(NC(=O)C5CC5)nn34)CC2)C1.N#CCCN1CC2(CCC(c3cccc4nc(NC(=O)C5CC5)nn34)CC2)C1.N#CCN1CC2(CCC(c3cccc4nc(NC(=O)C5CC5)nn34)CC2)C1. The first-order chi connectivity index (χ1) is 41.6. The van der Waals surface area contributed by atoms with Gasteiger partial charge in [-0.2, -0.15) is 30.7 Å². The molecule has 3 aliphatic heterocycles. The average molecular weight is 1160 g/mol. The topological polar surface area (TPSA) is 276 Å². The molecule has 0 aromatic carbocycles. The highest BCUT2D eigenvalue weighted by atomic mass is 16.2. The number of carbonyl (C=O) groups is 4. The van der Waals surface area contributed by atoms with Gasteiger partial charge in [0.25, 0.3) is 0 Å². The van der Waals surface area contributed by atoms with E-state index in [1.165, 1.54) is 37.1 Å². The van der Waals surface area contributed by atoms with Gasteiger partial charge in [-0.05, 0) is 177 Å². The summed E-state index contributed by atoms with van der Waals surface area (Å²) in [5.74, 6) is 3.00. The fourth-order valence-electron chi connectivity index (χ4n) is 14.8. The minimum Gasteiger partial charge on any atom is -0.340 e. The van der Waals surface area contributed by atoms with Gasteiger partial charge in [0.15, 0.2) is 16.9 Å². The number of nitrogens with zero attached hydrogens (tertiary/aromatic N) is 15. The molecule has 3 N–H and O–H groups in total. The van der Waals surface area contributed by atoms with E-state index in [4.69, 9.17) is 10.5 Å². The fourth-order valence-corrected chi connectivity index (χ4v) is 14.8. The third-order valence-corrected chi connectivity index (χ3v) is 20.3. The molecule has 86 heavy (non-hydrogen) atoms. The third-order valence-electron chi connectivity index (χ3n) is 20.3. The largest absolute Gasteiger partial charge is 0.340 e. The van der Waals surface area contributed by atoms with E-state index in [2.05, 4.69) is 92.4 Å². The first-order valence-electron chi connectivity index (χ1n) is 31.5. The van der Waals surface area contributed by atoms with Crippen LogP contribution in [-0.2, 0) is 19.2 Å². The van der Waals surface area contributed by atoms with Crippen molar-refractivity contribution >= 4 is 58.4 Å². The Labute approximate surface area is 501 Å². The summed E-state index contributed by atoms with van der Waals surface area (Å²) in [5.41, 5.74) is 6.00. The van der Waals surface area contributed by atoms with Gasteiger partial charge in [0.1, 0.15) is 5.41 Å². The highest BCUT2D eigenvalue weighted by Crippen LogP contribution is 2.51. The van der Waals surface area contributed by atoms with E-state index in [9.17, 15) is 24.4 Å². The van der Waals surface area contributed by atoms with Gasteiger partial charge in [-0.3, -0.25) is 40.0 Å². The molecule has 3 spiro atoms. The van der Waals surface area contributed by atoms with Crippen molar-refractivity contribution in [3.05, 3.63) is 71.7 Å². The van der Waals surface area contributed by atoms with Crippen molar-refractivity contribution in [3.8, 4) is 18.2 Å². The summed E-state index contributed by atoms with van der Waals surface area (Å²) in [4.78, 5) is 68.6. The molecule has 448 valence electrons. The monoisotopic (exact) mass is 1160 g/mol. The summed E-state index contributed by atoms with van der Waals surface area (Å²) in [6.07, 6.45) is 20.1. The predicted octanol–water partition coefficient (Wildman–Crippen LogP) is 8.63. The maximum atomic E-state index is 12.5. The second-order valence-corrected chi connectivity index (χ2v) is 27.4. The van der Waals surface area contributed by atoms with E-state index < -0.39 is 5.41 Å². The van der Waals surface area contributed by atoms with Gasteiger partial charge in [-0.25, -0.2) is 13.5 Å². The molecule has 6 aromatic rings. The standard InChI is InChI=1S/C23H28N6O2.C21H26N6O.C20H24N6O/c1-22(2,12-24)20(31)28-13-23(14-28)10-8-15(9-11-23)17-4-3-5-18-25-21(27-29(17)18)26-19(30)16-6-7-16;22-11-2-12-26-13-21(14-26)9-7-15(8-10-21)17-3-1-4-18-23-20(25-27(17)18)24-19(28)16-5-6-16;21-10-11-25-12-20(13-25)8-6-14(7-9-20)16-2-1-3-17-22-19(24-26(16)17)23-18(27)15-4-5-15/h3-5,15-16H,6-11,13-14H2,1-2H3,(H,26,27,30);1,3-4,15-16H,2,5-10,12-14H2,(H,24,25,28);1-3,14-15H,4-9,11-13H2,(H,23,24,27). The Morgan fingerprint density at radius 2 is 0.849 bits per heavy atom. The molecule has 22 heteroatoms. The average Bonchev–Trinajstić information content (AvgIpc) is 1.47.